The summed E-state index contributed by atoms with van der Waals surface area (Å²) in [5.41, 5.74) is 10.0. The zero-order chi connectivity index (χ0) is 14.9. The summed E-state index contributed by atoms with van der Waals surface area (Å²) in [5, 5.41) is 0. The second-order valence-electron chi connectivity index (χ2n) is 4.89. The van der Waals surface area contributed by atoms with Crippen LogP contribution in [0.25, 0.3) is 0 Å². The Bertz CT molecular complexity index is 668. The summed E-state index contributed by atoms with van der Waals surface area (Å²) >= 11 is 3.34. The summed E-state index contributed by atoms with van der Waals surface area (Å²) in [4.78, 5) is 14.2. The fourth-order valence-corrected chi connectivity index (χ4v) is 2.58. The Kier molecular flexibility index (Phi) is 4.14. The van der Waals surface area contributed by atoms with Crippen LogP contribution in [0.2, 0.25) is 0 Å². The summed E-state index contributed by atoms with van der Waals surface area (Å²) in [6, 6.07) is 11.3. The minimum Gasteiger partial charge on any atom is -0.398 e. The SMILES string of the molecule is Cc1ccc(N(C)C(=O)c2ccc(Br)cc2N)c(C)c1. The van der Waals surface area contributed by atoms with E-state index >= 15 is 0 Å². The van der Waals surface area contributed by atoms with Crippen LogP contribution in [-0.2, 0) is 0 Å². The van der Waals surface area contributed by atoms with Gasteiger partial charge in [-0.15, -0.1) is 0 Å². The van der Waals surface area contributed by atoms with E-state index in [0.717, 1.165) is 15.7 Å². The quantitative estimate of drug-likeness (QED) is 0.847. The number of halogens is 1. The highest BCUT2D eigenvalue weighted by Crippen LogP contribution is 2.25. The van der Waals surface area contributed by atoms with E-state index in [2.05, 4.69) is 22.0 Å². The molecule has 2 aromatic carbocycles. The number of nitrogen functional groups attached to an aromatic ring is 1. The monoisotopic (exact) mass is 332 g/mol. The Hall–Kier alpha value is -1.81. The molecule has 0 unspecified atom stereocenters. The summed E-state index contributed by atoms with van der Waals surface area (Å²) in [5.74, 6) is -0.109. The number of anilines is 2. The number of nitrogens with zero attached hydrogens (tertiary/aromatic N) is 1. The molecule has 3 nitrogen and oxygen atoms in total. The van der Waals surface area contributed by atoms with Crippen LogP contribution in [-0.4, -0.2) is 13.0 Å². The first kappa shape index (κ1) is 14.6. The van der Waals surface area contributed by atoms with E-state index in [1.807, 2.05) is 32.0 Å². The Morgan fingerprint density at radius 3 is 2.45 bits per heavy atom. The molecule has 2 aromatic rings. The van der Waals surface area contributed by atoms with Gasteiger partial charge in [-0.25, -0.2) is 0 Å². The Morgan fingerprint density at radius 2 is 1.85 bits per heavy atom. The van der Waals surface area contributed by atoms with Gasteiger partial charge in [0.05, 0.1) is 5.56 Å². The van der Waals surface area contributed by atoms with Crippen molar-refractivity contribution in [3.63, 3.8) is 0 Å². The van der Waals surface area contributed by atoms with Crippen LogP contribution in [0.1, 0.15) is 21.5 Å². The molecule has 0 aliphatic carbocycles. The first-order chi connectivity index (χ1) is 9.40. The summed E-state index contributed by atoms with van der Waals surface area (Å²) in [7, 11) is 1.77. The van der Waals surface area contributed by atoms with E-state index in [4.69, 9.17) is 5.73 Å². The van der Waals surface area contributed by atoms with Gasteiger partial charge in [0, 0.05) is 22.9 Å². The zero-order valence-corrected chi connectivity index (χ0v) is 13.4. The van der Waals surface area contributed by atoms with Gasteiger partial charge in [-0.2, -0.15) is 0 Å². The topological polar surface area (TPSA) is 46.3 Å². The molecule has 0 bridgehead atoms. The van der Waals surface area contributed by atoms with Crippen molar-refractivity contribution in [1.82, 2.24) is 0 Å². The van der Waals surface area contributed by atoms with Crippen molar-refractivity contribution in [3.8, 4) is 0 Å². The van der Waals surface area contributed by atoms with Crippen LogP contribution < -0.4 is 10.6 Å². The number of carbonyl (C=O) groups is 1. The van der Waals surface area contributed by atoms with Crippen molar-refractivity contribution >= 4 is 33.2 Å². The highest BCUT2D eigenvalue weighted by Gasteiger charge is 2.17. The smallest absolute Gasteiger partial charge is 0.260 e. The lowest BCUT2D eigenvalue weighted by molar-refractivity contribution is 0.0993. The molecule has 0 spiro atoms. The predicted molar refractivity (Wildman–Crippen MR) is 87.2 cm³/mol. The third kappa shape index (κ3) is 2.85. The number of aryl methyl sites for hydroxylation is 2. The molecule has 0 atom stereocenters. The maximum atomic E-state index is 12.5. The van der Waals surface area contributed by atoms with Crippen molar-refractivity contribution < 1.29 is 4.79 Å². The molecular weight excluding hydrogens is 316 g/mol. The molecule has 2 N–H and O–H groups in total. The third-order valence-electron chi connectivity index (χ3n) is 3.26. The zero-order valence-electron chi connectivity index (χ0n) is 11.8. The van der Waals surface area contributed by atoms with Gasteiger partial charge in [0.1, 0.15) is 0 Å². The largest absolute Gasteiger partial charge is 0.398 e. The van der Waals surface area contributed by atoms with Gasteiger partial charge < -0.3 is 10.6 Å². The van der Waals surface area contributed by atoms with Crippen LogP contribution >= 0.6 is 15.9 Å². The number of benzene rings is 2. The number of hydrogen-bond donors (Lipinski definition) is 1. The van der Waals surface area contributed by atoms with Crippen molar-refractivity contribution in [2.75, 3.05) is 17.7 Å². The summed E-state index contributed by atoms with van der Waals surface area (Å²) < 4.78 is 0.862. The molecule has 2 rings (SSSR count). The van der Waals surface area contributed by atoms with E-state index in [1.54, 1.807) is 24.1 Å². The second-order valence-corrected chi connectivity index (χ2v) is 5.80. The fraction of sp³-hybridized carbons (Fsp3) is 0.188. The van der Waals surface area contributed by atoms with E-state index in [9.17, 15) is 4.79 Å². The van der Waals surface area contributed by atoms with E-state index in [0.29, 0.717) is 11.3 Å². The lowest BCUT2D eigenvalue weighted by Gasteiger charge is -2.21. The van der Waals surface area contributed by atoms with Gasteiger partial charge in [0.2, 0.25) is 0 Å². The lowest BCUT2D eigenvalue weighted by atomic mass is 10.1. The van der Waals surface area contributed by atoms with E-state index < -0.39 is 0 Å². The number of carbonyl (C=O) groups excluding carboxylic acids is 1. The van der Waals surface area contributed by atoms with Crippen LogP contribution in [0.5, 0.6) is 0 Å². The first-order valence-corrected chi connectivity index (χ1v) is 7.10. The molecule has 0 fully saturated rings. The molecule has 0 aliphatic rings. The lowest BCUT2D eigenvalue weighted by Crippen LogP contribution is -2.27. The normalized spacial score (nSPS) is 10.4. The van der Waals surface area contributed by atoms with E-state index in [-0.39, 0.29) is 5.91 Å². The molecule has 0 radical (unpaired) electrons. The van der Waals surface area contributed by atoms with Crippen molar-refractivity contribution in [3.05, 3.63) is 57.6 Å². The Balaban J connectivity index is 2.37. The molecule has 20 heavy (non-hydrogen) atoms. The number of hydrogen-bond acceptors (Lipinski definition) is 2. The van der Waals surface area contributed by atoms with Crippen LogP contribution in [0.15, 0.2) is 40.9 Å². The van der Waals surface area contributed by atoms with Gasteiger partial charge in [-0.05, 0) is 43.7 Å². The molecule has 0 saturated carbocycles. The standard InChI is InChI=1S/C16H17BrN2O/c1-10-4-7-15(11(2)8-10)19(3)16(20)13-6-5-12(17)9-14(13)18/h4-9H,18H2,1-3H3. The average Bonchev–Trinajstić information content (AvgIpc) is 2.37. The van der Waals surface area contributed by atoms with Crippen LogP contribution in [0.3, 0.4) is 0 Å². The second kappa shape index (κ2) is 5.67. The number of amides is 1. The van der Waals surface area contributed by atoms with Crippen LogP contribution in [0, 0.1) is 13.8 Å². The average molecular weight is 333 g/mol. The highest BCUT2D eigenvalue weighted by molar-refractivity contribution is 9.10. The Morgan fingerprint density at radius 1 is 1.15 bits per heavy atom. The van der Waals surface area contributed by atoms with Gasteiger partial charge in [-0.1, -0.05) is 33.6 Å². The van der Waals surface area contributed by atoms with Crippen molar-refractivity contribution in [2.24, 2.45) is 0 Å². The minimum absolute atomic E-state index is 0.109. The fourth-order valence-electron chi connectivity index (χ4n) is 2.20. The maximum Gasteiger partial charge on any atom is 0.260 e. The van der Waals surface area contributed by atoms with E-state index in [1.165, 1.54) is 5.56 Å². The van der Waals surface area contributed by atoms with Gasteiger partial charge in [-0.3, -0.25) is 4.79 Å². The van der Waals surface area contributed by atoms with Gasteiger partial charge in [0.25, 0.3) is 5.91 Å². The van der Waals surface area contributed by atoms with Gasteiger partial charge >= 0.3 is 0 Å². The first-order valence-electron chi connectivity index (χ1n) is 6.30. The highest BCUT2D eigenvalue weighted by atomic mass is 79.9. The molecule has 1 amide bonds. The Labute approximate surface area is 127 Å². The molecule has 0 aromatic heterocycles. The third-order valence-corrected chi connectivity index (χ3v) is 3.76. The minimum atomic E-state index is -0.109. The molecular formula is C16H17BrN2O. The van der Waals surface area contributed by atoms with Crippen molar-refractivity contribution in [2.45, 2.75) is 13.8 Å². The van der Waals surface area contributed by atoms with Crippen molar-refractivity contribution in [1.29, 1.82) is 0 Å². The number of rotatable bonds is 2. The molecule has 104 valence electrons. The predicted octanol–water partition coefficient (Wildman–Crippen LogP) is 3.92. The van der Waals surface area contributed by atoms with Gasteiger partial charge in [0.15, 0.2) is 0 Å². The maximum absolute atomic E-state index is 12.5. The molecule has 4 heteroatoms. The number of nitrogens with two attached hydrogens (primary N) is 1. The molecule has 0 heterocycles. The summed E-state index contributed by atoms with van der Waals surface area (Å²) in [6.07, 6.45) is 0. The summed E-state index contributed by atoms with van der Waals surface area (Å²) in [6.45, 7) is 4.03. The molecule has 0 aliphatic heterocycles. The molecule has 0 saturated heterocycles. The van der Waals surface area contributed by atoms with Crippen LogP contribution in [0.4, 0.5) is 11.4 Å².